The zero-order valence-corrected chi connectivity index (χ0v) is 14.4. The van der Waals surface area contributed by atoms with Crippen LogP contribution in [0, 0.1) is 0 Å². The Morgan fingerprint density at radius 1 is 1.04 bits per heavy atom. The second-order valence-corrected chi connectivity index (χ2v) is 6.23. The Labute approximate surface area is 149 Å². The van der Waals surface area contributed by atoms with Crippen LogP contribution in [0.1, 0.15) is 11.9 Å². The molecule has 0 aliphatic rings. The van der Waals surface area contributed by atoms with Gasteiger partial charge in [-0.25, -0.2) is 0 Å². The van der Waals surface area contributed by atoms with Crippen molar-refractivity contribution in [2.75, 3.05) is 5.32 Å². The van der Waals surface area contributed by atoms with Gasteiger partial charge in [-0.2, -0.15) is 0 Å². The molecule has 0 aliphatic heterocycles. The second kappa shape index (κ2) is 8.25. The predicted molar refractivity (Wildman–Crippen MR) is 95.8 cm³/mol. The van der Waals surface area contributed by atoms with E-state index < -0.39 is 6.10 Å². The molecule has 0 spiro atoms. The van der Waals surface area contributed by atoms with Crippen LogP contribution in [-0.4, -0.2) is 22.2 Å². The molecule has 0 saturated heterocycles. The number of nitrogens with zero attached hydrogens (tertiary/aromatic N) is 2. The molecular weight excluding hydrogens is 338 g/mol. The van der Waals surface area contributed by atoms with E-state index >= 15 is 0 Å². The van der Waals surface area contributed by atoms with Crippen LogP contribution in [0.5, 0.6) is 11.5 Å². The van der Waals surface area contributed by atoms with Crippen molar-refractivity contribution >= 4 is 22.4 Å². The van der Waals surface area contributed by atoms with Crippen LogP contribution in [0.4, 0.5) is 5.13 Å². The van der Waals surface area contributed by atoms with Gasteiger partial charge < -0.3 is 9.47 Å². The van der Waals surface area contributed by atoms with E-state index in [0.29, 0.717) is 22.5 Å². The minimum atomic E-state index is -0.643. The van der Waals surface area contributed by atoms with E-state index in [0.717, 1.165) is 5.75 Å². The minimum Gasteiger partial charge on any atom is -0.486 e. The molecule has 1 heterocycles. The number of benzene rings is 2. The van der Waals surface area contributed by atoms with Gasteiger partial charge in [0.15, 0.2) is 11.1 Å². The summed E-state index contributed by atoms with van der Waals surface area (Å²) in [6.07, 6.45) is -0.643. The molecule has 128 valence electrons. The lowest BCUT2D eigenvalue weighted by atomic mass is 10.3. The Hall–Kier alpha value is -2.93. The van der Waals surface area contributed by atoms with Crippen molar-refractivity contribution < 1.29 is 14.3 Å². The first kappa shape index (κ1) is 16.9. The number of anilines is 1. The summed E-state index contributed by atoms with van der Waals surface area (Å²) in [5, 5.41) is 11.8. The van der Waals surface area contributed by atoms with Gasteiger partial charge in [-0.3, -0.25) is 10.1 Å². The third-order valence-corrected chi connectivity index (χ3v) is 4.04. The zero-order chi connectivity index (χ0) is 17.5. The van der Waals surface area contributed by atoms with Crippen LogP contribution in [0.25, 0.3) is 0 Å². The van der Waals surface area contributed by atoms with Gasteiger partial charge in [0.05, 0.1) is 0 Å². The maximum Gasteiger partial charge on any atom is 0.266 e. The SMILES string of the molecule is CC(Oc1ccccc1)C(=O)Nc1nnc(COc2ccccc2)s1. The molecule has 6 nitrogen and oxygen atoms in total. The van der Waals surface area contributed by atoms with Crippen molar-refractivity contribution in [1.82, 2.24) is 10.2 Å². The van der Waals surface area contributed by atoms with E-state index in [4.69, 9.17) is 9.47 Å². The number of carbonyl (C=O) groups is 1. The van der Waals surface area contributed by atoms with Gasteiger partial charge >= 0.3 is 0 Å². The number of ether oxygens (including phenoxy) is 2. The Morgan fingerprint density at radius 3 is 2.36 bits per heavy atom. The van der Waals surface area contributed by atoms with Crippen LogP contribution in [0.2, 0.25) is 0 Å². The fourth-order valence-corrected chi connectivity index (χ4v) is 2.64. The van der Waals surface area contributed by atoms with Crippen molar-refractivity contribution in [3.63, 3.8) is 0 Å². The Morgan fingerprint density at radius 2 is 1.68 bits per heavy atom. The van der Waals surface area contributed by atoms with Crippen LogP contribution in [0.3, 0.4) is 0 Å². The molecule has 1 atom stereocenters. The lowest BCUT2D eigenvalue weighted by molar-refractivity contribution is -0.122. The number of para-hydroxylation sites is 2. The predicted octanol–water partition coefficient (Wildman–Crippen LogP) is 3.52. The van der Waals surface area contributed by atoms with Crippen molar-refractivity contribution in [2.24, 2.45) is 0 Å². The smallest absolute Gasteiger partial charge is 0.266 e. The summed E-state index contributed by atoms with van der Waals surface area (Å²) < 4.78 is 11.2. The third kappa shape index (κ3) is 5.02. The molecule has 1 N–H and O–H groups in total. The fraction of sp³-hybridized carbons (Fsp3) is 0.167. The molecule has 0 radical (unpaired) electrons. The molecular formula is C18H17N3O3S. The van der Waals surface area contributed by atoms with Crippen LogP contribution in [0.15, 0.2) is 60.7 Å². The quantitative estimate of drug-likeness (QED) is 0.702. The summed E-state index contributed by atoms with van der Waals surface area (Å²) in [4.78, 5) is 12.2. The molecule has 25 heavy (non-hydrogen) atoms. The van der Waals surface area contributed by atoms with Crippen LogP contribution < -0.4 is 14.8 Å². The lowest BCUT2D eigenvalue weighted by Crippen LogP contribution is -2.30. The molecule has 3 rings (SSSR count). The number of carbonyl (C=O) groups excluding carboxylic acids is 1. The highest BCUT2D eigenvalue weighted by Gasteiger charge is 2.17. The van der Waals surface area contributed by atoms with Crippen molar-refractivity contribution in [3.05, 3.63) is 65.7 Å². The minimum absolute atomic E-state index is 0.282. The number of hydrogen-bond acceptors (Lipinski definition) is 6. The molecule has 0 bridgehead atoms. The largest absolute Gasteiger partial charge is 0.486 e. The van der Waals surface area contributed by atoms with Gasteiger partial charge in [0.1, 0.15) is 18.1 Å². The first-order valence-corrected chi connectivity index (χ1v) is 8.55. The maximum absolute atomic E-state index is 12.2. The summed E-state index contributed by atoms with van der Waals surface area (Å²) in [7, 11) is 0. The number of hydrogen-bond donors (Lipinski definition) is 1. The van der Waals surface area contributed by atoms with E-state index in [1.807, 2.05) is 48.5 Å². The Bertz CT molecular complexity index is 809. The highest BCUT2D eigenvalue weighted by Crippen LogP contribution is 2.19. The van der Waals surface area contributed by atoms with E-state index in [2.05, 4.69) is 15.5 Å². The summed E-state index contributed by atoms with van der Waals surface area (Å²) in [5.74, 6) is 1.11. The zero-order valence-electron chi connectivity index (χ0n) is 13.6. The number of nitrogens with one attached hydrogen (secondary N) is 1. The summed E-state index contributed by atoms with van der Waals surface area (Å²) in [6, 6.07) is 18.6. The van der Waals surface area contributed by atoms with Gasteiger partial charge in [-0.1, -0.05) is 47.7 Å². The molecule has 0 saturated carbocycles. The van der Waals surface area contributed by atoms with Gasteiger partial charge in [-0.05, 0) is 31.2 Å². The molecule has 1 unspecified atom stereocenters. The van der Waals surface area contributed by atoms with Crippen molar-refractivity contribution in [1.29, 1.82) is 0 Å². The van der Waals surface area contributed by atoms with Crippen molar-refractivity contribution in [3.8, 4) is 11.5 Å². The topological polar surface area (TPSA) is 73.3 Å². The fourth-order valence-electron chi connectivity index (χ4n) is 1.99. The van der Waals surface area contributed by atoms with E-state index in [9.17, 15) is 4.79 Å². The van der Waals surface area contributed by atoms with E-state index in [1.165, 1.54) is 11.3 Å². The van der Waals surface area contributed by atoms with E-state index in [1.54, 1.807) is 19.1 Å². The highest BCUT2D eigenvalue weighted by molar-refractivity contribution is 7.15. The van der Waals surface area contributed by atoms with Crippen LogP contribution in [-0.2, 0) is 11.4 Å². The summed E-state index contributed by atoms with van der Waals surface area (Å²) in [6.45, 7) is 1.98. The maximum atomic E-state index is 12.2. The standard InChI is InChI=1S/C18H17N3O3S/c1-13(24-15-10-6-3-7-11-15)17(22)19-18-21-20-16(25-18)12-23-14-8-4-2-5-9-14/h2-11,13H,12H2,1H3,(H,19,21,22). The van der Waals surface area contributed by atoms with Crippen LogP contribution >= 0.6 is 11.3 Å². The third-order valence-electron chi connectivity index (χ3n) is 3.23. The number of rotatable bonds is 7. The second-order valence-electron chi connectivity index (χ2n) is 5.17. The first-order chi connectivity index (χ1) is 12.2. The number of amides is 1. The Balaban J connectivity index is 1.51. The van der Waals surface area contributed by atoms with Gasteiger partial charge in [0, 0.05) is 0 Å². The average molecular weight is 355 g/mol. The van der Waals surface area contributed by atoms with E-state index in [-0.39, 0.29) is 5.91 Å². The normalized spacial score (nSPS) is 11.6. The van der Waals surface area contributed by atoms with Gasteiger partial charge in [0.2, 0.25) is 5.13 Å². The molecule has 0 fully saturated rings. The van der Waals surface area contributed by atoms with Crippen molar-refractivity contribution in [2.45, 2.75) is 19.6 Å². The monoisotopic (exact) mass is 355 g/mol. The Kier molecular flexibility index (Phi) is 5.58. The molecule has 2 aromatic carbocycles. The molecule has 3 aromatic rings. The summed E-state index contributed by atoms with van der Waals surface area (Å²) >= 11 is 1.27. The molecule has 7 heteroatoms. The van der Waals surface area contributed by atoms with Gasteiger partial charge in [-0.15, -0.1) is 10.2 Å². The number of aromatic nitrogens is 2. The first-order valence-electron chi connectivity index (χ1n) is 7.73. The molecule has 1 aromatic heterocycles. The average Bonchev–Trinajstić information content (AvgIpc) is 3.09. The molecule has 1 amide bonds. The summed E-state index contributed by atoms with van der Waals surface area (Å²) in [5.41, 5.74) is 0. The molecule has 0 aliphatic carbocycles. The highest BCUT2D eigenvalue weighted by atomic mass is 32.1. The lowest BCUT2D eigenvalue weighted by Gasteiger charge is -2.13. The van der Waals surface area contributed by atoms with Gasteiger partial charge in [0.25, 0.3) is 5.91 Å².